The van der Waals surface area contributed by atoms with Gasteiger partial charge in [0.2, 0.25) is 0 Å². The highest BCUT2D eigenvalue weighted by atomic mass is 35.5. The van der Waals surface area contributed by atoms with Crippen LogP contribution < -0.4 is 6.15 Å². The molecule has 0 aliphatic heterocycles. The van der Waals surface area contributed by atoms with Crippen LogP contribution in [0.4, 0.5) is 0 Å². The number of aliphatic hydroxyl groups is 1. The molecule has 26 nitrogen and oxygen atoms in total. The highest BCUT2D eigenvalue weighted by Crippen LogP contribution is 2.46. The monoisotopic (exact) mass is 1870 g/mol. The Kier molecular flexibility index (Phi) is 105. The van der Waals surface area contributed by atoms with Crippen molar-refractivity contribution in [3.05, 3.63) is 121 Å². The molecular formula is C87H152Cl2NO25P6+5. The Balaban J connectivity index is -0.000000110. The van der Waals surface area contributed by atoms with Crippen molar-refractivity contribution in [1.82, 2.24) is 6.15 Å². The van der Waals surface area contributed by atoms with Crippen molar-refractivity contribution in [2.24, 2.45) is 35.5 Å². The first-order chi connectivity index (χ1) is 54.7. The number of benzene rings is 2. The molecule has 121 heavy (non-hydrogen) atoms. The second kappa shape index (κ2) is 90.1. The molecule has 34 heteroatoms. The molecule has 0 radical (unpaired) electrons. The molecule has 0 saturated carbocycles. The summed E-state index contributed by atoms with van der Waals surface area (Å²) in [6.45, 7) is 52.9. The standard InChI is InChI=1S/C18H29O3P.C11H12O2.C9H16O3P.2C8H13O4P.2C8H12O2.C7H16OP.C4H10O.C4H6O.CH2Cl2.CH4.H3N.HO2P/c1-5-9-15(2)13-22(4,20)14-16(3)18(19)21-12-17-10-7-6-8-11-17;1-9(2)11(12)13-8-10-6-4-3-5-7-10;1-7(10)4-5-9(8(2)11)6-13(3)12;2*1-6(9)3-4-8(7(2)10)5-13(11)12;2*1-6(8(3)10)4-5-7(2)9;1-4-5-7(2)6-9(3)8;1-4(2,3)5;1-3-4(2)5;2-1-3;;;1-3-2/h6-8,10-11,15-16H,5,9,12-14H2,1-4H3;3-7H,1,8H2,2H3;9H,4-6H2,1-3H3;2*8H,3-5H2,1-2H3;2*1,4-5H2,2-3H3;7H,4-6H2,1-3H3;5H,1-3H3;3H,1H2,2H3;1H2;1H4;1H3;(H,1,2)/q;;+1;;;;;+1;;;;;;/p+3. The van der Waals surface area contributed by atoms with Crippen molar-refractivity contribution in [3.8, 4) is 0 Å². The van der Waals surface area contributed by atoms with Gasteiger partial charge in [-0.15, -0.1) is 23.2 Å². The molecule has 0 fully saturated rings. The average molecular weight is 1870 g/mol. The number of halogens is 2. The largest absolute Gasteiger partial charge is 0.506 e. The Morgan fingerprint density at radius 3 is 1.02 bits per heavy atom. The van der Waals surface area contributed by atoms with Crippen molar-refractivity contribution in [2.75, 3.05) is 62.3 Å². The number of carbonyl (C=O) groups is 13. The lowest BCUT2D eigenvalue weighted by atomic mass is 10.0. The van der Waals surface area contributed by atoms with Gasteiger partial charge in [0.1, 0.15) is 79.0 Å². The van der Waals surface area contributed by atoms with Crippen LogP contribution in [0.2, 0.25) is 0 Å². The van der Waals surface area contributed by atoms with Gasteiger partial charge in [-0.3, -0.25) is 33.6 Å². The topological polar surface area (TPSA) is 460 Å². The lowest BCUT2D eigenvalue weighted by Crippen LogP contribution is -2.19. The van der Waals surface area contributed by atoms with E-state index in [1.807, 2.05) is 80.9 Å². The lowest BCUT2D eigenvalue weighted by Gasteiger charge is -2.20. The van der Waals surface area contributed by atoms with Gasteiger partial charge in [-0.25, -0.2) is 9.36 Å². The number of Topliss-reactive ketones (excluding diaryl/α,β-unsaturated/α-hetero) is 10. The number of hydrogen-bond acceptors (Lipinski definition) is 22. The zero-order valence-electron chi connectivity index (χ0n) is 76.2. The van der Waals surface area contributed by atoms with E-state index in [4.69, 9.17) is 57.0 Å². The van der Waals surface area contributed by atoms with Crippen LogP contribution >= 0.6 is 70.7 Å². The first-order valence-corrected chi connectivity index (χ1v) is 49.6. The van der Waals surface area contributed by atoms with Gasteiger partial charge in [0.15, 0.2) is 35.8 Å². The fourth-order valence-electron chi connectivity index (χ4n) is 8.81. The van der Waals surface area contributed by atoms with Gasteiger partial charge in [-0.2, -0.15) is 9.79 Å². The smallest absolute Gasteiger partial charge is 0.461 e. The summed E-state index contributed by atoms with van der Waals surface area (Å²) in [6.07, 6.45) is 12.5. The van der Waals surface area contributed by atoms with Crippen LogP contribution in [-0.2, 0) is 112 Å². The highest BCUT2D eigenvalue weighted by molar-refractivity contribution is 7.63. The van der Waals surface area contributed by atoms with Gasteiger partial charge >= 0.3 is 52.3 Å². The minimum atomic E-state index is -2.29. The average Bonchev–Trinajstić information content (AvgIpc) is 0.870. The van der Waals surface area contributed by atoms with Crippen LogP contribution in [0, 0.1) is 35.5 Å². The summed E-state index contributed by atoms with van der Waals surface area (Å²) in [5.41, 5.74) is 2.96. The van der Waals surface area contributed by atoms with Crippen LogP contribution in [0.3, 0.4) is 0 Å². The summed E-state index contributed by atoms with van der Waals surface area (Å²) >= 11 is 9.53. The van der Waals surface area contributed by atoms with E-state index in [0.717, 1.165) is 36.3 Å². The number of allylic oxidation sites excluding steroid dienone is 3. The minimum Gasteiger partial charge on any atom is -0.461 e. The molecule has 0 saturated heterocycles. The normalized spacial score (nSPS) is 12.1. The number of ketones is 11. The van der Waals surface area contributed by atoms with Gasteiger partial charge in [-0.05, 0) is 198 Å². The fourth-order valence-corrected chi connectivity index (χ4v) is 15.5. The second-order valence-corrected chi connectivity index (χ2v) is 39.2. The van der Waals surface area contributed by atoms with Crippen molar-refractivity contribution in [3.63, 3.8) is 0 Å². The second-order valence-electron chi connectivity index (χ2n) is 29.5. The number of alkyl halides is 2. The Labute approximate surface area is 740 Å². The molecular weight excluding hydrogens is 1720 g/mol. The number of quaternary nitrogens is 1. The van der Waals surface area contributed by atoms with E-state index in [0.29, 0.717) is 112 Å². The molecule has 0 spiro atoms. The summed E-state index contributed by atoms with van der Waals surface area (Å²) < 4.78 is 73.9. The Morgan fingerprint density at radius 2 is 0.785 bits per heavy atom. The van der Waals surface area contributed by atoms with Crippen molar-refractivity contribution < 1.29 is 119 Å². The molecule has 11 atom stereocenters. The first kappa shape index (κ1) is 141. The maximum Gasteiger partial charge on any atom is 0.506 e. The van der Waals surface area contributed by atoms with Crippen LogP contribution in [0.25, 0.3) is 0 Å². The van der Waals surface area contributed by atoms with Gasteiger partial charge in [0.05, 0.1) is 41.8 Å². The summed E-state index contributed by atoms with van der Waals surface area (Å²) in [4.78, 5) is 164. The predicted molar refractivity (Wildman–Crippen MR) is 498 cm³/mol. The summed E-state index contributed by atoms with van der Waals surface area (Å²) in [7, 11) is -9.88. The van der Waals surface area contributed by atoms with Gasteiger partial charge < -0.3 is 54.2 Å². The molecule has 0 bridgehead atoms. The van der Waals surface area contributed by atoms with Gasteiger partial charge in [0, 0.05) is 50.0 Å². The van der Waals surface area contributed by atoms with Crippen molar-refractivity contribution >= 4 is 146 Å². The van der Waals surface area contributed by atoms with E-state index >= 15 is 0 Å². The number of esters is 2. The zero-order chi connectivity index (χ0) is 95.3. The van der Waals surface area contributed by atoms with E-state index in [2.05, 4.69) is 54.0 Å². The summed E-state index contributed by atoms with van der Waals surface area (Å²) in [6, 6.07) is 19.2. The molecule has 2 aromatic carbocycles. The van der Waals surface area contributed by atoms with Crippen molar-refractivity contribution in [2.45, 2.75) is 255 Å². The maximum absolute atomic E-state index is 12.7. The Morgan fingerprint density at radius 1 is 0.512 bits per heavy atom. The van der Waals surface area contributed by atoms with Crippen LogP contribution in [0.5, 0.6) is 0 Å². The quantitative estimate of drug-likeness (QED) is 0.0178. The van der Waals surface area contributed by atoms with E-state index in [1.54, 1.807) is 34.4 Å². The number of hydrogen-bond donors (Lipinski definition) is 5. The third-order valence-corrected chi connectivity index (χ3v) is 21.3. The Hall–Kier alpha value is -6.18. The van der Waals surface area contributed by atoms with Crippen LogP contribution in [-0.4, -0.2) is 163 Å². The third-order valence-electron chi connectivity index (χ3n) is 15.0. The molecule has 2 aromatic rings. The molecule has 0 aliphatic carbocycles. The number of rotatable bonds is 43. The Bertz CT molecular complexity index is 3300. The minimum absolute atomic E-state index is 0. The third kappa shape index (κ3) is 125. The van der Waals surface area contributed by atoms with E-state index in [9.17, 15) is 85.2 Å². The first-order valence-electron chi connectivity index (χ1n) is 38.6. The van der Waals surface area contributed by atoms with Gasteiger partial charge in [-0.1, -0.05) is 157 Å². The molecule has 8 N–H and O–H groups in total. The zero-order valence-corrected chi connectivity index (χ0v) is 83.1. The number of carbonyl (C=O) groups excluding carboxylic acids is 13. The van der Waals surface area contributed by atoms with E-state index in [-0.39, 0.29) is 125 Å². The van der Waals surface area contributed by atoms with Gasteiger partial charge in [0.25, 0.3) is 0 Å². The summed E-state index contributed by atoms with van der Waals surface area (Å²) in [5.74, 6) is -0.867. The fraction of sp³-hybridized carbons (Fsp3) is 0.621. The molecule has 0 aromatic heterocycles. The molecule has 0 amide bonds. The van der Waals surface area contributed by atoms with Crippen LogP contribution in [0.1, 0.15) is 247 Å². The molecule has 694 valence electrons. The molecule has 11 unspecified atom stereocenters. The summed E-state index contributed by atoms with van der Waals surface area (Å²) in [5, 5.41) is 8.72. The predicted octanol–water partition coefficient (Wildman–Crippen LogP) is 21.7. The molecule has 2 rings (SSSR count). The maximum atomic E-state index is 12.7. The van der Waals surface area contributed by atoms with E-state index in [1.165, 1.54) is 95.1 Å². The molecule has 0 aliphatic rings. The number of ether oxygens (including phenoxy) is 2. The lowest BCUT2D eigenvalue weighted by molar-refractivity contribution is -0.148. The van der Waals surface area contributed by atoms with Crippen LogP contribution in [0.15, 0.2) is 110 Å². The highest BCUT2D eigenvalue weighted by Gasteiger charge is 2.29. The van der Waals surface area contributed by atoms with E-state index < -0.39 is 64.9 Å². The van der Waals surface area contributed by atoms with Crippen molar-refractivity contribution in [1.29, 1.82) is 0 Å². The SMILES string of the molecule is C.C=C(C)C(=O)OCc1ccccc1.C=C(CCC(C)=O)C(C)=O.C=C(CCC(C)=O)C(C)=O.C=CC(C)=O.CC(=O)CCC(C[P+](=O)O)C(C)=O.CC(=O)CCC(C[P+](=O)O)C(C)=O.CC(=O)CCC(C[P+](C)=O)C(C)=O.CC(C)(C)O.CCCC(C)CP(C)(=O)CC(C)C(=O)OCc1ccccc1.CCCC(C)C[P+](C)=O.ClCCl.O=PO.[NH4+]. The molecule has 0 heterocycles.